The van der Waals surface area contributed by atoms with Gasteiger partial charge in [-0.1, -0.05) is 0 Å². The molecule has 0 aliphatic rings. The zero-order chi connectivity index (χ0) is 4.50. The van der Waals surface area contributed by atoms with E-state index in [1.165, 1.54) is 0 Å². The second kappa shape index (κ2) is 1.25. The van der Waals surface area contributed by atoms with Crippen LogP contribution in [-0.2, 0) is 18.3 Å². The zero-order valence-electron chi connectivity index (χ0n) is 2.34. The Balaban J connectivity index is 3.02. The molecule has 0 radical (unpaired) electrons. The molecule has 0 atom stereocenters. The molecule has 0 aromatic rings. The standard InChI is InChI=1S/CF3.Zn/c2-1(3)4;. The van der Waals surface area contributed by atoms with Crippen molar-refractivity contribution in [2.75, 3.05) is 0 Å². The number of hydrogen-bond acceptors (Lipinski definition) is 0. The first kappa shape index (κ1) is 5.41. The Morgan fingerprint density at radius 2 is 1.20 bits per heavy atom. The van der Waals surface area contributed by atoms with Gasteiger partial charge in [0.1, 0.15) is 0 Å². The van der Waals surface area contributed by atoms with Gasteiger partial charge >= 0.3 is 36.2 Å². The predicted molar refractivity (Wildman–Crippen MR) is 6.05 cm³/mol. The molecule has 0 fully saturated rings. The summed E-state index contributed by atoms with van der Waals surface area (Å²) in [5.41, 5.74) is 0. The molecule has 0 aliphatic carbocycles. The van der Waals surface area contributed by atoms with Crippen molar-refractivity contribution in [1.29, 1.82) is 0 Å². The van der Waals surface area contributed by atoms with Crippen LogP contribution in [0.3, 0.4) is 0 Å². The second-order valence-electron chi connectivity index (χ2n) is 0.615. The second-order valence-corrected chi connectivity index (χ2v) is 2.30. The molecular formula is CF3Zn. The Morgan fingerprint density at radius 1 is 1.20 bits per heavy atom. The molecule has 0 nitrogen and oxygen atoms in total. The summed E-state index contributed by atoms with van der Waals surface area (Å²) in [7, 11) is 0. The number of alkyl halides is 3. The van der Waals surface area contributed by atoms with Gasteiger partial charge in [0, 0.05) is 0 Å². The Labute approximate surface area is 37.0 Å². The number of hydrogen-bond donors (Lipinski definition) is 0. The van der Waals surface area contributed by atoms with Gasteiger partial charge in [-0.05, 0) is 0 Å². The van der Waals surface area contributed by atoms with E-state index in [2.05, 4.69) is 0 Å². The third kappa shape index (κ3) is 150. The Kier molecular flexibility index (Phi) is 1.35. The summed E-state index contributed by atoms with van der Waals surface area (Å²) in [6.07, 6.45) is 0. The monoisotopic (exact) mass is 133 g/mol. The maximum atomic E-state index is 10.4. The molecule has 5 heavy (non-hydrogen) atoms. The van der Waals surface area contributed by atoms with E-state index in [1.54, 1.807) is 0 Å². The molecule has 0 amide bonds. The molecule has 0 aromatic heterocycles. The van der Waals surface area contributed by atoms with Crippen molar-refractivity contribution in [1.82, 2.24) is 0 Å². The minimum atomic E-state index is -3.88. The van der Waals surface area contributed by atoms with Gasteiger partial charge in [-0.15, -0.1) is 0 Å². The van der Waals surface area contributed by atoms with Crippen molar-refractivity contribution < 1.29 is 31.5 Å². The van der Waals surface area contributed by atoms with Gasteiger partial charge in [0.25, 0.3) is 0 Å². The molecule has 0 aliphatic heterocycles. The van der Waals surface area contributed by atoms with Crippen LogP contribution in [0.1, 0.15) is 0 Å². The summed E-state index contributed by atoms with van der Waals surface area (Å²) in [4.78, 5) is 0. The van der Waals surface area contributed by atoms with E-state index in [1.807, 2.05) is 0 Å². The first-order chi connectivity index (χ1) is 2.00. The van der Waals surface area contributed by atoms with Crippen molar-refractivity contribution in [3.8, 4) is 0 Å². The zero-order valence-corrected chi connectivity index (χ0v) is 5.31. The van der Waals surface area contributed by atoms with Crippen molar-refractivity contribution >= 4 is 0 Å². The molecule has 0 bridgehead atoms. The fourth-order valence-corrected chi connectivity index (χ4v) is 0. The summed E-state index contributed by atoms with van der Waals surface area (Å²) < 4.78 is 27.4. The molecular weight excluding hydrogens is 134 g/mol. The Hall–Kier alpha value is 0.413. The topological polar surface area (TPSA) is 0 Å². The van der Waals surface area contributed by atoms with E-state index in [0.717, 1.165) is 0 Å². The van der Waals surface area contributed by atoms with E-state index >= 15 is 0 Å². The molecule has 0 aromatic carbocycles. The van der Waals surface area contributed by atoms with Gasteiger partial charge < -0.3 is 0 Å². The van der Waals surface area contributed by atoms with E-state index in [4.69, 9.17) is 0 Å². The molecule has 0 spiro atoms. The first-order valence-electron chi connectivity index (χ1n) is 0.921. The molecule has 0 rings (SSSR count). The molecule has 0 N–H and O–H groups in total. The third-order valence-electron chi connectivity index (χ3n) is 0. The van der Waals surface area contributed by atoms with Crippen LogP contribution in [0, 0.1) is 0 Å². The normalized spacial score (nSPS) is 12.2. The van der Waals surface area contributed by atoms with Gasteiger partial charge in [0.15, 0.2) is 0 Å². The fraction of sp³-hybridized carbons (Fsp3) is 1.00. The Morgan fingerprint density at radius 3 is 1.20 bits per heavy atom. The summed E-state index contributed by atoms with van der Waals surface area (Å²) >= 11 is -0.604. The molecule has 0 unspecified atom stereocenters. The van der Waals surface area contributed by atoms with Crippen LogP contribution in [0.5, 0.6) is 0 Å². The van der Waals surface area contributed by atoms with Crippen LogP contribution in [0.15, 0.2) is 0 Å². The third-order valence-corrected chi connectivity index (χ3v) is 0. The van der Waals surface area contributed by atoms with Crippen LogP contribution in [0.2, 0.25) is 0 Å². The van der Waals surface area contributed by atoms with Crippen LogP contribution in [0.4, 0.5) is 13.2 Å². The van der Waals surface area contributed by atoms with E-state index in [-0.39, 0.29) is 0 Å². The summed E-state index contributed by atoms with van der Waals surface area (Å²) in [6.45, 7) is 0. The van der Waals surface area contributed by atoms with Crippen molar-refractivity contribution in [2.24, 2.45) is 0 Å². The van der Waals surface area contributed by atoms with Gasteiger partial charge in [0.05, 0.1) is 0 Å². The van der Waals surface area contributed by atoms with Gasteiger partial charge in [-0.2, -0.15) is 0 Å². The molecule has 4 heteroatoms. The van der Waals surface area contributed by atoms with E-state index in [9.17, 15) is 13.2 Å². The van der Waals surface area contributed by atoms with Crippen LogP contribution in [-0.4, -0.2) is 4.77 Å². The van der Waals surface area contributed by atoms with E-state index in [0.29, 0.717) is 0 Å². The predicted octanol–water partition coefficient (Wildman–Crippen LogP) is 1.05. The minimum absolute atomic E-state index is 0.604. The quantitative estimate of drug-likeness (QED) is 0.435. The number of halogens is 3. The van der Waals surface area contributed by atoms with Crippen LogP contribution < -0.4 is 0 Å². The van der Waals surface area contributed by atoms with Crippen molar-refractivity contribution in [3.05, 3.63) is 0 Å². The SMILES string of the molecule is F[C](F)(F)[Zn]. The van der Waals surface area contributed by atoms with Gasteiger partial charge in [-0.3, -0.25) is 0 Å². The number of rotatable bonds is 0. The van der Waals surface area contributed by atoms with E-state index < -0.39 is 23.1 Å². The summed E-state index contributed by atoms with van der Waals surface area (Å²) in [6, 6.07) is 0. The molecule has 0 saturated carbocycles. The summed E-state index contributed by atoms with van der Waals surface area (Å²) in [5.74, 6) is 0. The van der Waals surface area contributed by atoms with Crippen LogP contribution >= 0.6 is 0 Å². The maximum absolute atomic E-state index is 10.4. The Bertz CT molecular complexity index is 22.4. The first-order valence-corrected chi connectivity index (χ1v) is 2.40. The van der Waals surface area contributed by atoms with Crippen LogP contribution in [0.25, 0.3) is 0 Å². The fourth-order valence-electron chi connectivity index (χ4n) is 0. The van der Waals surface area contributed by atoms with Gasteiger partial charge in [-0.25, -0.2) is 0 Å². The molecule has 0 heterocycles. The van der Waals surface area contributed by atoms with Gasteiger partial charge in [0.2, 0.25) is 0 Å². The molecule has 0 saturated heterocycles. The van der Waals surface area contributed by atoms with Crippen molar-refractivity contribution in [2.45, 2.75) is 4.77 Å². The summed E-state index contributed by atoms with van der Waals surface area (Å²) in [5, 5.41) is 0. The average molecular weight is 134 g/mol. The van der Waals surface area contributed by atoms with Crippen molar-refractivity contribution in [3.63, 3.8) is 0 Å². The average Bonchev–Trinajstić information content (AvgIpc) is 0.722. The molecule has 27 valence electrons.